The van der Waals surface area contributed by atoms with Crippen molar-refractivity contribution in [1.82, 2.24) is 9.97 Å². The minimum absolute atomic E-state index is 0.0473. The third-order valence-electron chi connectivity index (χ3n) is 13.6. The van der Waals surface area contributed by atoms with Gasteiger partial charge in [-0.3, -0.25) is 4.98 Å². The lowest BCUT2D eigenvalue weighted by molar-refractivity contribution is 0.281. The zero-order valence-electron chi connectivity index (χ0n) is 40.0. The Balaban J connectivity index is 0.000000127. The Morgan fingerprint density at radius 2 is 1.11 bits per heavy atom. The van der Waals surface area contributed by atoms with E-state index in [-0.39, 0.29) is 14.5 Å². The molecule has 0 aliphatic heterocycles. The first kappa shape index (κ1) is 50.5. The number of benzene rings is 6. The monoisotopic (exact) mass is 1010 g/mol. The molecule has 0 amide bonds. The lowest BCUT2D eigenvalue weighted by Crippen LogP contribution is -2.29. The molecular formula is C60H59BClN2O4PS2. The van der Waals surface area contributed by atoms with E-state index in [2.05, 4.69) is 88.8 Å². The summed E-state index contributed by atoms with van der Waals surface area (Å²) in [4.78, 5) is 8.66. The van der Waals surface area contributed by atoms with Crippen LogP contribution in [-0.4, -0.2) is 50.7 Å². The number of ether oxygens (including phenoxy) is 1. The lowest BCUT2D eigenvalue weighted by Gasteiger charge is -2.39. The van der Waals surface area contributed by atoms with E-state index in [0.717, 1.165) is 33.9 Å². The average Bonchev–Trinajstić information content (AvgIpc) is 4.00. The molecule has 6 nitrogen and oxygen atoms in total. The van der Waals surface area contributed by atoms with E-state index in [9.17, 15) is 5.11 Å². The minimum atomic E-state index is -1.34. The summed E-state index contributed by atoms with van der Waals surface area (Å²) < 4.78 is 10.8. The van der Waals surface area contributed by atoms with Crippen LogP contribution in [-0.2, 0) is 6.61 Å². The van der Waals surface area contributed by atoms with Gasteiger partial charge in [0.2, 0.25) is 0 Å². The number of hydrogen-bond acceptors (Lipinski definition) is 8. The Bertz CT molecular complexity index is 3250. The van der Waals surface area contributed by atoms with E-state index in [1.807, 2.05) is 73.1 Å². The average molecular weight is 1010 g/mol. The summed E-state index contributed by atoms with van der Waals surface area (Å²) in [6.45, 7) is 0.0473. The molecule has 11 heteroatoms. The molecule has 4 aromatic heterocycles. The van der Waals surface area contributed by atoms with E-state index in [0.29, 0.717) is 10.6 Å². The molecule has 10 aromatic rings. The van der Waals surface area contributed by atoms with Crippen LogP contribution in [0.15, 0.2) is 176 Å². The Morgan fingerprint density at radius 3 is 1.69 bits per heavy atom. The third kappa shape index (κ3) is 12.2. The molecule has 0 atom stereocenters. The van der Waals surface area contributed by atoms with Crippen molar-refractivity contribution in [2.75, 3.05) is 7.11 Å². The Hall–Kier alpha value is -5.48. The van der Waals surface area contributed by atoms with Gasteiger partial charge in [0, 0.05) is 54.5 Å². The van der Waals surface area contributed by atoms with E-state index < -0.39 is 7.12 Å². The van der Waals surface area contributed by atoms with Gasteiger partial charge in [-0.15, -0.1) is 22.7 Å². The molecule has 12 rings (SSSR count). The fourth-order valence-electron chi connectivity index (χ4n) is 10.1. The predicted molar refractivity (Wildman–Crippen MR) is 306 cm³/mol. The smallest absolute Gasteiger partial charge is 0.488 e. The van der Waals surface area contributed by atoms with E-state index in [1.165, 1.54) is 116 Å². The molecule has 0 unspecified atom stereocenters. The number of nitrogens with zero attached hydrogens (tertiary/aromatic N) is 2. The summed E-state index contributed by atoms with van der Waals surface area (Å²) in [5, 5.41) is 34.4. The van der Waals surface area contributed by atoms with Crippen molar-refractivity contribution in [2.45, 2.75) is 82.1 Å². The van der Waals surface area contributed by atoms with Crippen molar-refractivity contribution < 1.29 is 19.9 Å². The van der Waals surface area contributed by atoms with Gasteiger partial charge in [-0.05, 0) is 89.2 Å². The number of hydrogen-bond donors (Lipinski definition) is 3. The van der Waals surface area contributed by atoms with Crippen LogP contribution in [0.4, 0.5) is 0 Å². The zero-order valence-corrected chi connectivity index (χ0v) is 43.3. The maximum absolute atomic E-state index is 10.1. The molecule has 0 bridgehead atoms. The molecule has 3 N–H and O–H groups in total. The van der Waals surface area contributed by atoms with E-state index in [4.69, 9.17) is 26.4 Å². The highest BCUT2D eigenvalue weighted by molar-refractivity contribution is 7.67. The normalized spacial score (nSPS) is 14.1. The summed E-state index contributed by atoms with van der Waals surface area (Å²) in [7, 11) is 0.194. The Kier molecular flexibility index (Phi) is 17.6. The fourth-order valence-corrected chi connectivity index (χ4v) is 16.4. The first-order valence-corrected chi connectivity index (χ1v) is 28.2. The van der Waals surface area contributed by atoms with Gasteiger partial charge in [0.15, 0.2) is 0 Å². The highest BCUT2D eigenvalue weighted by Crippen LogP contribution is 2.56. The molecule has 2 aliphatic carbocycles. The highest BCUT2D eigenvalue weighted by Gasteiger charge is 2.34. The van der Waals surface area contributed by atoms with Crippen LogP contribution < -0.4 is 15.5 Å². The van der Waals surface area contributed by atoms with Gasteiger partial charge in [-0.1, -0.05) is 192 Å². The second kappa shape index (κ2) is 24.8. The van der Waals surface area contributed by atoms with Crippen LogP contribution in [0, 0.1) is 0 Å². The highest BCUT2D eigenvalue weighted by atomic mass is 35.5. The molecule has 4 heterocycles. The van der Waals surface area contributed by atoms with Gasteiger partial charge >= 0.3 is 7.12 Å². The van der Waals surface area contributed by atoms with Crippen molar-refractivity contribution in [1.29, 1.82) is 0 Å². The van der Waals surface area contributed by atoms with Gasteiger partial charge in [0.25, 0.3) is 0 Å². The Morgan fingerprint density at radius 1 is 0.577 bits per heavy atom. The number of thiophene rings is 2. The Labute approximate surface area is 431 Å². The quantitative estimate of drug-likeness (QED) is 0.0797. The molecule has 0 spiro atoms. The lowest BCUT2D eigenvalue weighted by atomic mass is 9.81. The number of aliphatic hydroxyl groups is 1. The molecule has 360 valence electrons. The largest absolute Gasteiger partial charge is 0.496 e. The molecule has 0 saturated heterocycles. The maximum atomic E-state index is 10.1. The topological polar surface area (TPSA) is 95.7 Å². The second-order valence-electron chi connectivity index (χ2n) is 18.1. The number of aromatic nitrogens is 2. The molecule has 0 radical (unpaired) electrons. The molecule has 6 aromatic carbocycles. The third-order valence-corrected chi connectivity index (χ3v) is 19.6. The van der Waals surface area contributed by atoms with Crippen LogP contribution in [0.1, 0.15) is 69.8 Å². The van der Waals surface area contributed by atoms with Crippen LogP contribution in [0.3, 0.4) is 0 Å². The van der Waals surface area contributed by atoms with Gasteiger partial charge in [0.05, 0.1) is 28.8 Å². The standard InChI is InChI=1S/C26H35O2P.C17H11NS.C11H6ClNS.C6H7BO2/c1-28-24-17-10-11-20(19-27)26(24)23-16-8-9-18-25(23)29(21-12-4-2-5-13-21)22-14-6-3-7-15-22;1-2-6-12(7-3-1)15-10-14-13-8-4-5-9-16(13)19-17(14)11-18-15;12-11-5-8-7-3-1-2-4-9(7)14-10(8)6-13-11;8-7(9)6-4-2-1-3-5-6/h8-11,16-18,21-22,27H,2-7,12-15,19H2,1H3;1-11H;1-6H;1-5,8-9H. The number of methoxy groups -OCH3 is 1. The fraction of sp³-hybridized carbons (Fsp3) is 0.233. The summed E-state index contributed by atoms with van der Waals surface area (Å²) >= 11 is 9.42. The van der Waals surface area contributed by atoms with Crippen LogP contribution in [0.5, 0.6) is 5.75 Å². The zero-order chi connectivity index (χ0) is 48.9. The van der Waals surface area contributed by atoms with E-state index in [1.54, 1.807) is 59.4 Å². The number of aliphatic hydroxyl groups excluding tert-OH is 1. The summed E-state index contributed by atoms with van der Waals surface area (Å²) in [5.41, 5.74) is 7.82. The predicted octanol–water partition coefficient (Wildman–Crippen LogP) is 15.2. The number of pyridine rings is 2. The van der Waals surface area contributed by atoms with Crippen molar-refractivity contribution in [3.8, 4) is 28.1 Å². The number of rotatable bonds is 8. The number of fused-ring (bicyclic) bond motifs is 6. The van der Waals surface area contributed by atoms with Crippen molar-refractivity contribution in [3.05, 3.63) is 187 Å². The SMILES string of the molecule is COc1cccc(CO)c1-c1ccccc1P(C1CCCCC1)C1CCCCC1.Clc1cc2c(cn1)sc1ccccc12.OB(O)c1ccccc1.c1ccc(-c2cc3c(cn2)sc2ccccc23)cc1. The minimum Gasteiger partial charge on any atom is -0.496 e. The molecular weight excluding hydrogens is 954 g/mol. The molecule has 2 aliphatic rings. The van der Waals surface area contributed by atoms with Crippen molar-refractivity contribution in [2.24, 2.45) is 0 Å². The van der Waals surface area contributed by atoms with Gasteiger partial charge in [0.1, 0.15) is 10.9 Å². The van der Waals surface area contributed by atoms with Crippen molar-refractivity contribution in [3.63, 3.8) is 0 Å². The summed E-state index contributed by atoms with van der Waals surface area (Å²) in [6.07, 6.45) is 17.8. The first-order chi connectivity index (χ1) is 34.9. The van der Waals surface area contributed by atoms with E-state index >= 15 is 0 Å². The second-order valence-corrected chi connectivity index (χ2v) is 23.4. The first-order valence-electron chi connectivity index (χ1n) is 24.7. The van der Waals surface area contributed by atoms with Gasteiger partial charge < -0.3 is 19.9 Å². The van der Waals surface area contributed by atoms with Gasteiger partial charge in [-0.25, -0.2) is 4.98 Å². The molecule has 2 fully saturated rings. The van der Waals surface area contributed by atoms with Crippen LogP contribution in [0.2, 0.25) is 5.15 Å². The number of halogens is 1. The maximum Gasteiger partial charge on any atom is 0.488 e. The summed E-state index contributed by atoms with van der Waals surface area (Å²) in [5.74, 6) is 0.881. The van der Waals surface area contributed by atoms with Crippen LogP contribution in [0.25, 0.3) is 62.7 Å². The molecule has 71 heavy (non-hydrogen) atoms. The van der Waals surface area contributed by atoms with Crippen molar-refractivity contribution >= 4 is 100 Å². The summed E-state index contributed by atoms with van der Waals surface area (Å²) in [6, 6.07) is 55.1. The van der Waals surface area contributed by atoms with Crippen LogP contribution >= 0.6 is 42.2 Å². The van der Waals surface area contributed by atoms with Gasteiger partial charge in [-0.2, -0.15) is 0 Å². The molecule has 2 saturated carbocycles.